The van der Waals surface area contributed by atoms with Gasteiger partial charge in [0.25, 0.3) is 5.91 Å². The molecular formula is C23H27NO4. The van der Waals surface area contributed by atoms with Crippen molar-refractivity contribution in [2.45, 2.75) is 33.1 Å². The van der Waals surface area contributed by atoms with Gasteiger partial charge in [-0.3, -0.25) is 4.79 Å². The fraction of sp³-hybridized carbons (Fsp3) is 0.304. The highest BCUT2D eigenvalue weighted by Crippen LogP contribution is 2.22. The summed E-state index contributed by atoms with van der Waals surface area (Å²) in [5.74, 6) is -0.246. The van der Waals surface area contributed by atoms with Crippen molar-refractivity contribution >= 4 is 18.0 Å². The van der Waals surface area contributed by atoms with E-state index in [1.54, 1.807) is 56.5 Å². The molecule has 2 aromatic rings. The number of rotatable bonds is 6. The van der Waals surface area contributed by atoms with Crippen LogP contribution in [0.3, 0.4) is 0 Å². The highest BCUT2D eigenvalue weighted by Gasteiger charge is 2.17. The van der Waals surface area contributed by atoms with Crippen LogP contribution in [-0.4, -0.2) is 25.6 Å². The van der Waals surface area contributed by atoms with Gasteiger partial charge in [-0.2, -0.15) is 0 Å². The first-order valence-electron chi connectivity index (χ1n) is 9.19. The molecule has 0 saturated heterocycles. The minimum absolute atomic E-state index is 0.000628. The Bertz CT molecular complexity index is 844. The van der Waals surface area contributed by atoms with Gasteiger partial charge >= 0.3 is 5.97 Å². The topological polar surface area (TPSA) is 64.6 Å². The lowest BCUT2D eigenvalue weighted by Gasteiger charge is -2.19. The predicted molar refractivity (Wildman–Crippen MR) is 110 cm³/mol. The van der Waals surface area contributed by atoms with Crippen molar-refractivity contribution in [3.8, 4) is 5.75 Å². The number of carbonyl (C=O) groups excluding carboxylic acids is 2. The summed E-state index contributed by atoms with van der Waals surface area (Å²) < 4.78 is 10.2. The van der Waals surface area contributed by atoms with Gasteiger partial charge in [0, 0.05) is 5.56 Å². The van der Waals surface area contributed by atoms with Crippen LogP contribution in [0.5, 0.6) is 5.75 Å². The number of esters is 1. The molecule has 0 heterocycles. The van der Waals surface area contributed by atoms with E-state index in [2.05, 4.69) is 26.1 Å². The highest BCUT2D eigenvalue weighted by atomic mass is 16.5. The molecule has 0 unspecified atom stereocenters. The van der Waals surface area contributed by atoms with E-state index in [0.29, 0.717) is 11.3 Å². The van der Waals surface area contributed by atoms with Crippen LogP contribution in [0.1, 0.15) is 49.2 Å². The van der Waals surface area contributed by atoms with Crippen molar-refractivity contribution in [1.82, 2.24) is 5.32 Å². The van der Waals surface area contributed by atoms with Gasteiger partial charge in [-0.25, -0.2) is 4.79 Å². The first-order valence-corrected chi connectivity index (χ1v) is 9.19. The molecule has 0 aliphatic heterocycles. The smallest absolute Gasteiger partial charge is 0.354 e. The number of amides is 1. The fourth-order valence-corrected chi connectivity index (χ4v) is 2.54. The Morgan fingerprint density at radius 3 is 2.11 bits per heavy atom. The minimum atomic E-state index is -0.585. The molecule has 0 radical (unpaired) electrons. The number of carbonyl (C=O) groups is 2. The monoisotopic (exact) mass is 381 g/mol. The predicted octanol–water partition coefficient (Wildman–Crippen LogP) is 4.33. The lowest BCUT2D eigenvalue weighted by atomic mass is 9.87. The quantitative estimate of drug-likeness (QED) is 0.598. The SMILES string of the molecule is CCOC(=O)C(=Cc1ccc(OC)cc1)NC(=O)c1ccc(C(C)(C)C)cc1. The molecule has 0 saturated carbocycles. The average Bonchev–Trinajstić information content (AvgIpc) is 2.67. The van der Waals surface area contributed by atoms with E-state index in [9.17, 15) is 9.59 Å². The normalized spacial score (nSPS) is 11.7. The van der Waals surface area contributed by atoms with Gasteiger partial charge in [-0.15, -0.1) is 0 Å². The molecule has 0 aromatic heterocycles. The Labute approximate surface area is 166 Å². The molecule has 5 nitrogen and oxygen atoms in total. The molecule has 0 aliphatic rings. The number of ether oxygens (including phenoxy) is 2. The second-order valence-electron chi connectivity index (χ2n) is 7.33. The van der Waals surface area contributed by atoms with Crippen LogP contribution < -0.4 is 10.1 Å². The zero-order valence-corrected chi connectivity index (χ0v) is 17.0. The molecule has 0 spiro atoms. The summed E-state index contributed by atoms with van der Waals surface area (Å²) >= 11 is 0. The molecule has 148 valence electrons. The van der Waals surface area contributed by atoms with Gasteiger partial charge < -0.3 is 14.8 Å². The Morgan fingerprint density at radius 2 is 1.61 bits per heavy atom. The number of benzene rings is 2. The summed E-state index contributed by atoms with van der Waals surface area (Å²) in [6.07, 6.45) is 1.58. The highest BCUT2D eigenvalue weighted by molar-refractivity contribution is 6.03. The Kier molecular flexibility index (Phi) is 6.99. The van der Waals surface area contributed by atoms with Gasteiger partial charge in [0.15, 0.2) is 0 Å². The molecule has 0 fully saturated rings. The third-order valence-corrected chi connectivity index (χ3v) is 4.18. The molecule has 0 bridgehead atoms. The van der Waals surface area contributed by atoms with Crippen molar-refractivity contribution in [2.75, 3.05) is 13.7 Å². The summed E-state index contributed by atoms with van der Waals surface area (Å²) in [4.78, 5) is 24.9. The van der Waals surface area contributed by atoms with E-state index in [1.165, 1.54) is 0 Å². The lowest BCUT2D eigenvalue weighted by molar-refractivity contribution is -0.138. The van der Waals surface area contributed by atoms with Crippen molar-refractivity contribution in [1.29, 1.82) is 0 Å². The first kappa shape index (κ1) is 21.2. The van der Waals surface area contributed by atoms with Gasteiger partial charge in [-0.1, -0.05) is 45.0 Å². The van der Waals surface area contributed by atoms with Gasteiger partial charge in [0.05, 0.1) is 13.7 Å². The van der Waals surface area contributed by atoms with Gasteiger partial charge in [0.2, 0.25) is 0 Å². The standard InChI is InChI=1S/C23H27NO4/c1-6-28-22(26)20(15-16-7-13-19(27-5)14-8-16)24-21(25)17-9-11-18(12-10-17)23(2,3)4/h7-15H,6H2,1-5H3,(H,24,25). The maximum Gasteiger partial charge on any atom is 0.354 e. The summed E-state index contributed by atoms with van der Waals surface area (Å²) in [6, 6.07) is 14.5. The van der Waals surface area contributed by atoms with Crippen LogP contribution in [0.25, 0.3) is 6.08 Å². The van der Waals surface area contributed by atoms with E-state index >= 15 is 0 Å². The van der Waals surface area contributed by atoms with E-state index < -0.39 is 5.97 Å². The van der Waals surface area contributed by atoms with Crippen LogP contribution in [0, 0.1) is 0 Å². The summed E-state index contributed by atoms with van der Waals surface area (Å²) in [6.45, 7) is 8.26. The van der Waals surface area contributed by atoms with E-state index in [-0.39, 0.29) is 23.6 Å². The number of methoxy groups -OCH3 is 1. The maximum atomic E-state index is 12.6. The summed E-state index contributed by atoms with van der Waals surface area (Å²) in [7, 11) is 1.58. The van der Waals surface area contributed by atoms with E-state index in [0.717, 1.165) is 11.1 Å². The molecule has 1 amide bonds. The molecule has 1 N–H and O–H groups in total. The largest absolute Gasteiger partial charge is 0.497 e. The fourth-order valence-electron chi connectivity index (χ4n) is 2.54. The third kappa shape index (κ3) is 5.71. The van der Waals surface area contributed by atoms with Crippen LogP contribution in [0.4, 0.5) is 0 Å². The molecule has 28 heavy (non-hydrogen) atoms. The Balaban J connectivity index is 2.25. The molecule has 5 heteroatoms. The minimum Gasteiger partial charge on any atom is -0.497 e. The molecular weight excluding hydrogens is 354 g/mol. The van der Waals surface area contributed by atoms with Crippen molar-refractivity contribution in [3.63, 3.8) is 0 Å². The average molecular weight is 381 g/mol. The lowest BCUT2D eigenvalue weighted by Crippen LogP contribution is -2.28. The Morgan fingerprint density at radius 1 is 1.00 bits per heavy atom. The summed E-state index contributed by atoms with van der Waals surface area (Å²) in [5.41, 5.74) is 2.42. The second-order valence-corrected chi connectivity index (χ2v) is 7.33. The second kappa shape index (κ2) is 9.22. The maximum absolute atomic E-state index is 12.6. The van der Waals surface area contributed by atoms with E-state index in [1.807, 2.05) is 12.1 Å². The molecule has 0 aliphatic carbocycles. The zero-order chi connectivity index (χ0) is 20.7. The summed E-state index contributed by atoms with van der Waals surface area (Å²) in [5, 5.41) is 2.67. The van der Waals surface area contributed by atoms with Crippen LogP contribution in [0.15, 0.2) is 54.2 Å². The van der Waals surface area contributed by atoms with Crippen LogP contribution in [-0.2, 0) is 14.9 Å². The van der Waals surface area contributed by atoms with Crippen molar-refractivity contribution in [3.05, 3.63) is 70.9 Å². The van der Waals surface area contributed by atoms with Crippen LogP contribution in [0.2, 0.25) is 0 Å². The van der Waals surface area contributed by atoms with E-state index in [4.69, 9.17) is 9.47 Å². The number of nitrogens with one attached hydrogen (secondary N) is 1. The number of hydrogen-bond donors (Lipinski definition) is 1. The number of hydrogen-bond acceptors (Lipinski definition) is 4. The van der Waals surface area contributed by atoms with Crippen LogP contribution >= 0.6 is 0 Å². The molecule has 2 rings (SSSR count). The van der Waals surface area contributed by atoms with Gasteiger partial charge in [0.1, 0.15) is 11.4 Å². The van der Waals surface area contributed by atoms with Crippen molar-refractivity contribution < 1.29 is 19.1 Å². The first-order chi connectivity index (χ1) is 13.2. The molecule has 2 aromatic carbocycles. The molecule has 0 atom stereocenters. The zero-order valence-electron chi connectivity index (χ0n) is 17.0. The van der Waals surface area contributed by atoms with Crippen molar-refractivity contribution in [2.24, 2.45) is 0 Å². The van der Waals surface area contributed by atoms with Gasteiger partial charge in [-0.05, 0) is 53.8 Å². The third-order valence-electron chi connectivity index (χ3n) is 4.18. The Hall–Kier alpha value is -3.08.